The molecular weight excluding hydrogens is 129 g/mol. The molecule has 2 unspecified atom stereocenters. The highest BCUT2D eigenvalue weighted by Gasteiger charge is 2.28. The maximum Gasteiger partial charge on any atom is 0.454 e. The summed E-state index contributed by atoms with van der Waals surface area (Å²) < 4.78 is 0. The summed E-state index contributed by atoms with van der Waals surface area (Å²) in [7, 11) is -1.16. The maximum atomic E-state index is 8.79. The lowest BCUT2D eigenvalue weighted by Crippen LogP contribution is -2.32. The molecule has 0 heterocycles. The zero-order chi connectivity index (χ0) is 7.56. The molecule has 0 amide bonds. The highest BCUT2D eigenvalue weighted by molar-refractivity contribution is 6.43. The van der Waals surface area contributed by atoms with Gasteiger partial charge < -0.3 is 15.8 Å². The van der Waals surface area contributed by atoms with Gasteiger partial charge in [-0.1, -0.05) is 12.8 Å². The highest BCUT2D eigenvalue weighted by atomic mass is 16.4. The van der Waals surface area contributed by atoms with Gasteiger partial charge in [0.05, 0.1) is 0 Å². The maximum absolute atomic E-state index is 8.79. The standard InChI is InChI=1S/C6H14BNO2/c8-6-3-1-2-5(4-6)7(9)10/h5-6,9-10H,1-4,8H2. The number of rotatable bonds is 1. The highest BCUT2D eigenvalue weighted by Crippen LogP contribution is 2.28. The Kier molecular flexibility index (Phi) is 2.71. The molecule has 0 aromatic rings. The molecule has 1 rings (SSSR count). The quantitative estimate of drug-likeness (QED) is 0.442. The average molecular weight is 143 g/mol. The van der Waals surface area contributed by atoms with E-state index in [9.17, 15) is 0 Å². The monoisotopic (exact) mass is 143 g/mol. The molecule has 1 fully saturated rings. The molecule has 0 spiro atoms. The molecule has 0 radical (unpaired) electrons. The van der Waals surface area contributed by atoms with E-state index in [1.165, 1.54) is 0 Å². The molecule has 58 valence electrons. The van der Waals surface area contributed by atoms with Crippen LogP contribution in [0.3, 0.4) is 0 Å². The summed E-state index contributed by atoms with van der Waals surface area (Å²) in [6.07, 6.45) is 3.73. The van der Waals surface area contributed by atoms with Crippen molar-refractivity contribution in [3.8, 4) is 0 Å². The first-order valence-corrected chi connectivity index (χ1v) is 3.82. The molecule has 0 aromatic carbocycles. The lowest BCUT2D eigenvalue weighted by atomic mass is 9.64. The smallest absolute Gasteiger partial charge is 0.427 e. The van der Waals surface area contributed by atoms with Crippen molar-refractivity contribution in [2.45, 2.75) is 37.5 Å². The van der Waals surface area contributed by atoms with Crippen molar-refractivity contribution in [1.29, 1.82) is 0 Å². The van der Waals surface area contributed by atoms with Crippen LogP contribution in [0.4, 0.5) is 0 Å². The topological polar surface area (TPSA) is 66.5 Å². The molecule has 0 aromatic heterocycles. The Morgan fingerprint density at radius 2 is 2.00 bits per heavy atom. The van der Waals surface area contributed by atoms with Crippen molar-refractivity contribution in [1.82, 2.24) is 0 Å². The second-order valence-electron chi connectivity index (χ2n) is 3.10. The van der Waals surface area contributed by atoms with Gasteiger partial charge in [0.2, 0.25) is 0 Å². The molecule has 0 aliphatic heterocycles. The Morgan fingerprint density at radius 3 is 2.40 bits per heavy atom. The van der Waals surface area contributed by atoms with Crippen LogP contribution in [0.1, 0.15) is 25.7 Å². The molecule has 0 bridgehead atoms. The molecular formula is C6H14BNO2. The third kappa shape index (κ3) is 1.97. The van der Waals surface area contributed by atoms with Gasteiger partial charge in [-0.25, -0.2) is 0 Å². The van der Waals surface area contributed by atoms with Gasteiger partial charge in [0.1, 0.15) is 0 Å². The Labute approximate surface area is 61.4 Å². The van der Waals surface area contributed by atoms with Crippen LogP contribution in [0, 0.1) is 0 Å². The van der Waals surface area contributed by atoms with Crippen LogP contribution in [0.15, 0.2) is 0 Å². The summed E-state index contributed by atoms with van der Waals surface area (Å²) >= 11 is 0. The third-order valence-electron chi connectivity index (χ3n) is 2.18. The SMILES string of the molecule is NC1CCCC(B(O)O)C1. The number of hydrogen-bond acceptors (Lipinski definition) is 3. The van der Waals surface area contributed by atoms with Gasteiger partial charge in [-0.15, -0.1) is 0 Å². The predicted octanol–water partition coefficient (Wildman–Crippen LogP) is -0.269. The van der Waals surface area contributed by atoms with Gasteiger partial charge >= 0.3 is 7.12 Å². The van der Waals surface area contributed by atoms with E-state index >= 15 is 0 Å². The van der Waals surface area contributed by atoms with E-state index in [4.69, 9.17) is 15.8 Å². The van der Waals surface area contributed by atoms with Crippen LogP contribution in [0.5, 0.6) is 0 Å². The molecule has 4 heteroatoms. The van der Waals surface area contributed by atoms with E-state index in [0.29, 0.717) is 0 Å². The Hall–Kier alpha value is -0.0551. The summed E-state index contributed by atoms with van der Waals surface area (Å²) in [5, 5.41) is 17.6. The van der Waals surface area contributed by atoms with Crippen LogP contribution in [-0.4, -0.2) is 23.2 Å². The molecule has 1 aliphatic rings. The fraction of sp³-hybridized carbons (Fsp3) is 1.00. The second kappa shape index (κ2) is 3.37. The van der Waals surface area contributed by atoms with E-state index in [1.54, 1.807) is 0 Å². The van der Waals surface area contributed by atoms with Crippen molar-refractivity contribution in [2.75, 3.05) is 0 Å². The van der Waals surface area contributed by atoms with Gasteiger partial charge in [0.15, 0.2) is 0 Å². The van der Waals surface area contributed by atoms with Crippen LogP contribution < -0.4 is 5.73 Å². The van der Waals surface area contributed by atoms with E-state index in [-0.39, 0.29) is 11.9 Å². The third-order valence-corrected chi connectivity index (χ3v) is 2.18. The Morgan fingerprint density at radius 1 is 1.30 bits per heavy atom. The molecule has 10 heavy (non-hydrogen) atoms. The molecule has 1 saturated carbocycles. The van der Waals surface area contributed by atoms with Gasteiger partial charge in [-0.05, 0) is 18.7 Å². The van der Waals surface area contributed by atoms with Crippen LogP contribution in [-0.2, 0) is 0 Å². The summed E-state index contributed by atoms with van der Waals surface area (Å²) in [4.78, 5) is 0. The van der Waals surface area contributed by atoms with Crippen LogP contribution >= 0.6 is 0 Å². The second-order valence-corrected chi connectivity index (χ2v) is 3.10. The average Bonchev–Trinajstić information content (AvgIpc) is 1.88. The summed E-state index contributed by atoms with van der Waals surface area (Å²) in [6.45, 7) is 0. The lowest BCUT2D eigenvalue weighted by molar-refractivity contribution is 0.336. The van der Waals surface area contributed by atoms with Crippen LogP contribution in [0.25, 0.3) is 0 Å². The minimum absolute atomic E-state index is 0.0174. The summed E-state index contributed by atoms with van der Waals surface area (Å²) in [5.74, 6) is 0.0174. The van der Waals surface area contributed by atoms with E-state index in [2.05, 4.69) is 0 Å². The fourth-order valence-corrected chi connectivity index (χ4v) is 1.54. The Balaban J connectivity index is 2.32. The lowest BCUT2D eigenvalue weighted by Gasteiger charge is -2.25. The van der Waals surface area contributed by atoms with Gasteiger partial charge in [-0.2, -0.15) is 0 Å². The Bertz CT molecular complexity index is 110. The number of nitrogens with two attached hydrogens (primary N) is 1. The molecule has 4 N–H and O–H groups in total. The zero-order valence-electron chi connectivity index (χ0n) is 6.03. The summed E-state index contributed by atoms with van der Waals surface area (Å²) in [5.41, 5.74) is 5.64. The molecule has 2 atom stereocenters. The zero-order valence-corrected chi connectivity index (χ0v) is 6.03. The molecule has 1 aliphatic carbocycles. The van der Waals surface area contributed by atoms with E-state index in [0.717, 1.165) is 25.7 Å². The first-order valence-electron chi connectivity index (χ1n) is 3.82. The van der Waals surface area contributed by atoms with Gasteiger partial charge in [0, 0.05) is 6.04 Å². The predicted molar refractivity (Wildman–Crippen MR) is 40.4 cm³/mol. The van der Waals surface area contributed by atoms with Crippen molar-refractivity contribution in [2.24, 2.45) is 5.73 Å². The largest absolute Gasteiger partial charge is 0.454 e. The van der Waals surface area contributed by atoms with Gasteiger partial charge in [0.25, 0.3) is 0 Å². The number of hydrogen-bond donors (Lipinski definition) is 3. The minimum atomic E-state index is -1.16. The van der Waals surface area contributed by atoms with Crippen molar-refractivity contribution in [3.63, 3.8) is 0 Å². The van der Waals surface area contributed by atoms with E-state index in [1.807, 2.05) is 0 Å². The molecule has 3 nitrogen and oxygen atoms in total. The minimum Gasteiger partial charge on any atom is -0.427 e. The van der Waals surface area contributed by atoms with Crippen molar-refractivity contribution in [3.05, 3.63) is 0 Å². The first-order chi connectivity index (χ1) is 4.70. The van der Waals surface area contributed by atoms with Crippen molar-refractivity contribution < 1.29 is 10.0 Å². The van der Waals surface area contributed by atoms with Crippen LogP contribution in [0.2, 0.25) is 5.82 Å². The molecule has 0 saturated heterocycles. The normalized spacial score (nSPS) is 33.9. The fourth-order valence-electron chi connectivity index (χ4n) is 1.54. The van der Waals surface area contributed by atoms with Gasteiger partial charge in [-0.3, -0.25) is 0 Å². The first kappa shape index (κ1) is 8.05. The summed E-state index contributed by atoms with van der Waals surface area (Å²) in [6, 6.07) is 0.181. The van der Waals surface area contributed by atoms with E-state index < -0.39 is 7.12 Å². The van der Waals surface area contributed by atoms with Crippen molar-refractivity contribution >= 4 is 7.12 Å².